The predicted molar refractivity (Wildman–Crippen MR) is 156 cm³/mol. The normalized spacial score (nSPS) is 13.2. The number of carbonyl (C=O) groups is 1. The Bertz CT molecular complexity index is 1430. The highest BCUT2D eigenvalue weighted by molar-refractivity contribution is 6.76. The summed E-state index contributed by atoms with van der Waals surface area (Å²) in [4.78, 5) is 27.5. The minimum atomic E-state index is -1.21. The Morgan fingerprint density at radius 3 is 2.61 bits per heavy atom. The second-order valence-electron chi connectivity index (χ2n) is 12.0. The molecule has 4 aromatic rings. The van der Waals surface area contributed by atoms with Crippen LogP contribution in [0.15, 0.2) is 49.2 Å². The third-order valence-corrected chi connectivity index (χ3v) is 8.57. The molecule has 38 heavy (non-hydrogen) atoms. The van der Waals surface area contributed by atoms with Crippen LogP contribution >= 0.6 is 11.6 Å². The van der Waals surface area contributed by atoms with E-state index < -0.39 is 8.07 Å². The molecule has 1 aromatic carbocycles. The van der Waals surface area contributed by atoms with E-state index >= 15 is 0 Å². The van der Waals surface area contributed by atoms with Crippen molar-refractivity contribution in [3.63, 3.8) is 0 Å². The number of benzene rings is 1. The summed E-state index contributed by atoms with van der Waals surface area (Å²) in [6, 6.07) is 8.56. The number of carbonyl (C=O) groups excluding carboxylic acids is 1. The number of halogens is 1. The second-order valence-corrected chi connectivity index (χ2v) is 18.1. The first-order chi connectivity index (χ1) is 17.8. The van der Waals surface area contributed by atoms with Gasteiger partial charge in [0.25, 0.3) is 5.91 Å². The summed E-state index contributed by atoms with van der Waals surface area (Å²) in [7, 11) is -1.21. The van der Waals surface area contributed by atoms with Crippen LogP contribution in [0.2, 0.25) is 30.7 Å². The van der Waals surface area contributed by atoms with E-state index in [0.29, 0.717) is 46.5 Å². The van der Waals surface area contributed by atoms with Crippen LogP contribution in [0.4, 0.5) is 0 Å². The van der Waals surface area contributed by atoms with E-state index in [0.717, 1.165) is 11.7 Å². The molecule has 0 aliphatic rings. The Balaban J connectivity index is 1.68. The number of hydrogen-bond donors (Lipinski definition) is 1. The summed E-state index contributed by atoms with van der Waals surface area (Å²) in [5.41, 5.74) is 3.62. The van der Waals surface area contributed by atoms with E-state index in [1.807, 2.05) is 46.5 Å². The second kappa shape index (κ2) is 11.0. The number of ether oxygens (including phenoxy) is 1. The molecule has 0 aliphatic carbocycles. The van der Waals surface area contributed by atoms with Gasteiger partial charge in [-0.05, 0) is 36.6 Å². The SMILES string of the molecule is C[C@H](NC(=O)c1cn(COCC[Si](C)(C)C)c2ncc(-c3cn(-c4cccc(Cl)c4)cn3)nc12)C(C)(C)C. The van der Waals surface area contributed by atoms with Crippen molar-refractivity contribution in [3.05, 3.63) is 59.8 Å². The van der Waals surface area contributed by atoms with E-state index in [2.05, 4.69) is 50.7 Å². The maximum atomic E-state index is 13.4. The summed E-state index contributed by atoms with van der Waals surface area (Å²) < 4.78 is 9.72. The van der Waals surface area contributed by atoms with Crippen molar-refractivity contribution in [2.45, 2.75) is 66.2 Å². The van der Waals surface area contributed by atoms with Gasteiger partial charge in [0.1, 0.15) is 23.6 Å². The van der Waals surface area contributed by atoms with Gasteiger partial charge < -0.3 is 19.2 Å². The maximum absolute atomic E-state index is 13.4. The molecule has 4 rings (SSSR count). The van der Waals surface area contributed by atoms with Crippen molar-refractivity contribution in [2.24, 2.45) is 5.41 Å². The minimum Gasteiger partial charge on any atom is -0.361 e. The highest BCUT2D eigenvalue weighted by Crippen LogP contribution is 2.25. The lowest BCUT2D eigenvalue weighted by atomic mass is 9.88. The first-order valence-electron chi connectivity index (χ1n) is 12.9. The summed E-state index contributed by atoms with van der Waals surface area (Å²) >= 11 is 6.16. The van der Waals surface area contributed by atoms with Crippen LogP contribution in [0, 0.1) is 5.41 Å². The first kappa shape index (κ1) is 28.0. The van der Waals surface area contributed by atoms with Crippen LogP contribution in [0.25, 0.3) is 28.2 Å². The molecular formula is C28H37ClN6O2Si. The van der Waals surface area contributed by atoms with E-state index in [1.54, 1.807) is 18.7 Å². The van der Waals surface area contributed by atoms with Crippen molar-refractivity contribution in [1.29, 1.82) is 0 Å². The van der Waals surface area contributed by atoms with E-state index in [9.17, 15) is 4.79 Å². The molecule has 10 heteroatoms. The average molecular weight is 553 g/mol. The van der Waals surface area contributed by atoms with Gasteiger partial charge in [0.05, 0.1) is 18.1 Å². The summed E-state index contributed by atoms with van der Waals surface area (Å²) in [5.74, 6) is -0.186. The molecule has 202 valence electrons. The Morgan fingerprint density at radius 2 is 1.92 bits per heavy atom. The molecule has 0 saturated heterocycles. The lowest BCUT2D eigenvalue weighted by molar-refractivity contribution is 0.0883. The third-order valence-electron chi connectivity index (χ3n) is 6.63. The number of amides is 1. The molecule has 8 nitrogen and oxygen atoms in total. The maximum Gasteiger partial charge on any atom is 0.255 e. The molecular weight excluding hydrogens is 516 g/mol. The number of hydrogen-bond acceptors (Lipinski definition) is 5. The average Bonchev–Trinajstić information content (AvgIpc) is 3.46. The number of rotatable bonds is 9. The molecule has 3 heterocycles. The zero-order valence-corrected chi connectivity index (χ0v) is 25.0. The summed E-state index contributed by atoms with van der Waals surface area (Å²) in [6.45, 7) is 16.2. The standard InChI is InChI=1S/C28H37ClN6O2Si/c1-19(28(2,3)4)32-27(36)22-15-35(18-37-11-12-38(5,6)7)26-25(22)33-23(14-30-26)24-16-34(17-31-24)21-10-8-9-20(29)13-21/h8-10,13-17,19H,11-12,18H2,1-7H3,(H,32,36)/t19-/m0/s1. The van der Waals surface area contributed by atoms with Gasteiger partial charge in [-0.25, -0.2) is 15.0 Å². The Morgan fingerprint density at radius 1 is 1.16 bits per heavy atom. The molecule has 0 aliphatic heterocycles. The number of aromatic nitrogens is 5. The zero-order chi connectivity index (χ0) is 27.7. The van der Waals surface area contributed by atoms with Crippen LogP contribution in [0.3, 0.4) is 0 Å². The topological polar surface area (TPSA) is 86.9 Å². The molecule has 0 radical (unpaired) electrons. The highest BCUT2D eigenvalue weighted by Gasteiger charge is 2.25. The fourth-order valence-electron chi connectivity index (χ4n) is 3.70. The van der Waals surface area contributed by atoms with E-state index in [1.165, 1.54) is 0 Å². The Hall–Kier alpha value is -3.01. The number of nitrogens with one attached hydrogen (secondary N) is 1. The zero-order valence-electron chi connectivity index (χ0n) is 23.2. The van der Waals surface area contributed by atoms with Gasteiger partial charge >= 0.3 is 0 Å². The number of nitrogens with zero attached hydrogens (tertiary/aromatic N) is 5. The van der Waals surface area contributed by atoms with Crippen molar-refractivity contribution in [3.8, 4) is 17.1 Å². The largest absolute Gasteiger partial charge is 0.361 e. The van der Waals surface area contributed by atoms with Crippen LogP contribution in [0.1, 0.15) is 38.1 Å². The van der Waals surface area contributed by atoms with Crippen molar-refractivity contribution in [2.75, 3.05) is 6.61 Å². The molecule has 3 aromatic heterocycles. The van der Waals surface area contributed by atoms with Crippen LogP contribution in [0.5, 0.6) is 0 Å². The quantitative estimate of drug-likeness (QED) is 0.191. The van der Waals surface area contributed by atoms with Crippen LogP contribution in [-0.4, -0.2) is 50.7 Å². The molecule has 0 saturated carbocycles. The monoisotopic (exact) mass is 552 g/mol. The van der Waals surface area contributed by atoms with Gasteiger partial charge in [-0.2, -0.15) is 0 Å². The minimum absolute atomic E-state index is 0.0362. The van der Waals surface area contributed by atoms with Crippen LogP contribution in [-0.2, 0) is 11.5 Å². The van der Waals surface area contributed by atoms with Gasteiger partial charge in [-0.3, -0.25) is 4.79 Å². The van der Waals surface area contributed by atoms with Gasteiger partial charge in [0, 0.05) is 43.8 Å². The molecule has 1 atom stereocenters. The van der Waals surface area contributed by atoms with Gasteiger partial charge in [0.15, 0.2) is 5.65 Å². The number of fused-ring (bicyclic) bond motifs is 1. The molecule has 0 spiro atoms. The molecule has 0 bridgehead atoms. The fraction of sp³-hybridized carbons (Fsp3) is 0.429. The van der Waals surface area contributed by atoms with E-state index in [-0.39, 0.29) is 17.4 Å². The van der Waals surface area contributed by atoms with E-state index in [4.69, 9.17) is 26.3 Å². The van der Waals surface area contributed by atoms with Gasteiger partial charge in [-0.15, -0.1) is 0 Å². The predicted octanol–water partition coefficient (Wildman–Crippen LogP) is 6.41. The van der Waals surface area contributed by atoms with Crippen molar-refractivity contribution < 1.29 is 9.53 Å². The smallest absolute Gasteiger partial charge is 0.255 e. The molecule has 1 amide bonds. The first-order valence-corrected chi connectivity index (χ1v) is 17.0. The highest BCUT2D eigenvalue weighted by atomic mass is 35.5. The Labute approximate surface area is 230 Å². The molecule has 0 fully saturated rings. The van der Waals surface area contributed by atoms with Gasteiger partial charge in [-0.1, -0.05) is 58.1 Å². The van der Waals surface area contributed by atoms with Crippen molar-refractivity contribution >= 4 is 36.7 Å². The van der Waals surface area contributed by atoms with Crippen LogP contribution < -0.4 is 5.32 Å². The Kier molecular flexibility index (Phi) is 8.11. The molecule has 1 N–H and O–H groups in total. The summed E-state index contributed by atoms with van der Waals surface area (Å²) in [6.07, 6.45) is 7.06. The fourth-order valence-corrected chi connectivity index (χ4v) is 4.65. The van der Waals surface area contributed by atoms with Crippen molar-refractivity contribution in [1.82, 2.24) is 29.4 Å². The number of imidazole rings is 1. The van der Waals surface area contributed by atoms with Gasteiger partial charge in [0.2, 0.25) is 0 Å². The summed E-state index contributed by atoms with van der Waals surface area (Å²) in [5, 5.41) is 3.78. The third kappa shape index (κ3) is 6.70. The lowest BCUT2D eigenvalue weighted by Gasteiger charge is -2.27. The molecule has 0 unspecified atom stereocenters. The lowest BCUT2D eigenvalue weighted by Crippen LogP contribution is -2.41.